The minimum absolute atomic E-state index is 0.646. The maximum absolute atomic E-state index is 9.27. The van der Waals surface area contributed by atoms with E-state index in [1.54, 1.807) is 0 Å². The highest BCUT2D eigenvalue weighted by molar-refractivity contribution is 4.96. The number of aliphatic hydroxyl groups excluding tert-OH is 4. The number of hydrogen-bond acceptors (Lipinski definition) is 7. The molecule has 1 unspecified atom stereocenters. The monoisotopic (exact) mass is 196 g/mol. The van der Waals surface area contributed by atoms with Crippen molar-refractivity contribution in [1.82, 2.24) is 0 Å². The van der Waals surface area contributed by atoms with Gasteiger partial charge in [0.05, 0.1) is 6.61 Å². The minimum atomic E-state index is -2.65. The normalized spacial score (nSPS) is 45.9. The van der Waals surface area contributed by atoms with Gasteiger partial charge in [-0.15, -0.1) is 0 Å². The zero-order chi connectivity index (χ0) is 10.2. The molecule has 13 heavy (non-hydrogen) atoms. The summed E-state index contributed by atoms with van der Waals surface area (Å²) >= 11 is 0. The van der Waals surface area contributed by atoms with Crippen molar-refractivity contribution in [1.29, 1.82) is 0 Å². The van der Waals surface area contributed by atoms with Crippen LogP contribution in [0.4, 0.5) is 0 Å². The first-order valence-electron chi connectivity index (χ1n) is 3.66. The van der Waals surface area contributed by atoms with Gasteiger partial charge in [-0.2, -0.15) is 0 Å². The number of aliphatic hydroxyl groups is 6. The SMILES string of the molecule is OC[C@H]1OC(O)(C(O)O)[C@@H](O)[C@@H]1O. The first-order chi connectivity index (χ1) is 5.93. The van der Waals surface area contributed by atoms with Crippen LogP contribution in [0.2, 0.25) is 0 Å². The maximum atomic E-state index is 9.27. The summed E-state index contributed by atoms with van der Waals surface area (Å²) in [7, 11) is 0. The van der Waals surface area contributed by atoms with Crippen LogP contribution in [0.3, 0.4) is 0 Å². The predicted molar refractivity (Wildman–Crippen MR) is 37.1 cm³/mol. The highest BCUT2D eigenvalue weighted by atomic mass is 16.7. The quantitative estimate of drug-likeness (QED) is 0.249. The number of rotatable bonds is 2. The highest BCUT2D eigenvalue weighted by Crippen LogP contribution is 2.30. The van der Waals surface area contributed by atoms with Gasteiger partial charge < -0.3 is 35.4 Å². The molecular formula is C6H12O7. The summed E-state index contributed by atoms with van der Waals surface area (Å²) in [5.74, 6) is -2.65. The second-order valence-electron chi connectivity index (χ2n) is 2.90. The molecule has 0 aromatic heterocycles. The van der Waals surface area contributed by atoms with Crippen LogP contribution >= 0.6 is 0 Å². The number of hydrogen-bond donors (Lipinski definition) is 6. The van der Waals surface area contributed by atoms with E-state index in [9.17, 15) is 5.11 Å². The largest absolute Gasteiger partial charge is 0.394 e. The zero-order valence-corrected chi connectivity index (χ0v) is 6.61. The third kappa shape index (κ3) is 1.55. The van der Waals surface area contributed by atoms with Crippen LogP contribution in [0.25, 0.3) is 0 Å². The molecule has 0 radical (unpaired) electrons. The van der Waals surface area contributed by atoms with Gasteiger partial charge >= 0.3 is 0 Å². The Morgan fingerprint density at radius 1 is 1.31 bits per heavy atom. The molecule has 6 N–H and O–H groups in total. The molecule has 1 aliphatic rings. The van der Waals surface area contributed by atoms with Gasteiger partial charge in [0.2, 0.25) is 12.1 Å². The molecule has 7 heteroatoms. The minimum Gasteiger partial charge on any atom is -0.394 e. The molecule has 1 aliphatic heterocycles. The van der Waals surface area contributed by atoms with Crippen molar-refractivity contribution >= 4 is 0 Å². The second-order valence-corrected chi connectivity index (χ2v) is 2.90. The van der Waals surface area contributed by atoms with E-state index >= 15 is 0 Å². The van der Waals surface area contributed by atoms with Crippen molar-refractivity contribution in [2.24, 2.45) is 0 Å². The van der Waals surface area contributed by atoms with Gasteiger partial charge in [0.1, 0.15) is 18.3 Å². The second kappa shape index (κ2) is 3.46. The summed E-state index contributed by atoms with van der Waals surface area (Å²) in [4.78, 5) is 0. The standard InChI is InChI=1S/C6H12O7/c7-1-2-3(8)4(9)6(12,13-2)5(10)11/h2-5,7-12H,1H2/t2-,3-,4+,6?/m1/s1. The van der Waals surface area contributed by atoms with Crippen molar-refractivity contribution in [3.8, 4) is 0 Å². The van der Waals surface area contributed by atoms with Crippen molar-refractivity contribution in [3.63, 3.8) is 0 Å². The molecule has 1 rings (SSSR count). The van der Waals surface area contributed by atoms with Crippen molar-refractivity contribution in [2.75, 3.05) is 6.61 Å². The third-order valence-corrected chi connectivity index (χ3v) is 2.02. The fraction of sp³-hybridized carbons (Fsp3) is 1.00. The van der Waals surface area contributed by atoms with Crippen molar-refractivity contribution in [2.45, 2.75) is 30.4 Å². The molecule has 1 heterocycles. The lowest BCUT2D eigenvalue weighted by atomic mass is 10.1. The van der Waals surface area contributed by atoms with Crippen LogP contribution in [-0.2, 0) is 4.74 Å². The summed E-state index contributed by atoms with van der Waals surface area (Å²) in [5.41, 5.74) is 0. The topological polar surface area (TPSA) is 131 Å². The summed E-state index contributed by atoms with van der Waals surface area (Å²) in [6.07, 6.45) is -7.02. The Morgan fingerprint density at radius 2 is 1.85 bits per heavy atom. The van der Waals surface area contributed by atoms with Gasteiger partial charge in [-0.3, -0.25) is 0 Å². The van der Waals surface area contributed by atoms with Crippen LogP contribution in [0.1, 0.15) is 0 Å². The predicted octanol–water partition coefficient (Wildman–Crippen LogP) is -3.90. The molecule has 0 spiro atoms. The lowest BCUT2D eigenvalue weighted by Gasteiger charge is -2.27. The Kier molecular flexibility index (Phi) is 2.88. The van der Waals surface area contributed by atoms with E-state index in [2.05, 4.69) is 4.74 Å². The molecule has 1 saturated heterocycles. The Bertz CT molecular complexity index is 184. The van der Waals surface area contributed by atoms with Crippen LogP contribution in [0.15, 0.2) is 0 Å². The van der Waals surface area contributed by atoms with Gasteiger partial charge in [-0.05, 0) is 0 Å². The van der Waals surface area contributed by atoms with Crippen LogP contribution in [0.5, 0.6) is 0 Å². The lowest BCUT2D eigenvalue weighted by molar-refractivity contribution is -0.327. The zero-order valence-electron chi connectivity index (χ0n) is 6.61. The highest BCUT2D eigenvalue weighted by Gasteiger charge is 2.57. The summed E-state index contributed by atoms with van der Waals surface area (Å²) < 4.78 is 4.49. The van der Waals surface area contributed by atoms with E-state index in [1.807, 2.05) is 0 Å². The third-order valence-electron chi connectivity index (χ3n) is 2.02. The lowest BCUT2D eigenvalue weighted by Crippen LogP contribution is -2.52. The Labute approximate surface area is 73.4 Å². The maximum Gasteiger partial charge on any atom is 0.247 e. The first kappa shape index (κ1) is 10.8. The van der Waals surface area contributed by atoms with Gasteiger partial charge in [0, 0.05) is 0 Å². The van der Waals surface area contributed by atoms with E-state index in [0.29, 0.717) is 0 Å². The summed E-state index contributed by atoms with van der Waals surface area (Å²) in [5, 5.41) is 53.4. The molecule has 0 aromatic carbocycles. The van der Waals surface area contributed by atoms with E-state index < -0.39 is 37.0 Å². The van der Waals surface area contributed by atoms with E-state index in [-0.39, 0.29) is 0 Å². The Morgan fingerprint density at radius 3 is 2.08 bits per heavy atom. The molecular weight excluding hydrogens is 184 g/mol. The fourth-order valence-electron chi connectivity index (χ4n) is 1.19. The van der Waals surface area contributed by atoms with E-state index in [4.69, 9.17) is 25.5 Å². The number of ether oxygens (including phenoxy) is 1. The summed E-state index contributed by atoms with van der Waals surface area (Å²) in [6.45, 7) is -0.646. The molecule has 78 valence electrons. The molecule has 0 aromatic rings. The molecule has 0 bridgehead atoms. The molecule has 4 atom stereocenters. The first-order valence-corrected chi connectivity index (χ1v) is 3.66. The van der Waals surface area contributed by atoms with Crippen LogP contribution < -0.4 is 0 Å². The van der Waals surface area contributed by atoms with Gasteiger partial charge in [0.15, 0.2) is 0 Å². The smallest absolute Gasteiger partial charge is 0.247 e. The van der Waals surface area contributed by atoms with E-state index in [1.165, 1.54) is 0 Å². The van der Waals surface area contributed by atoms with E-state index in [0.717, 1.165) is 0 Å². The Hall–Kier alpha value is -0.280. The van der Waals surface area contributed by atoms with Crippen molar-refractivity contribution < 1.29 is 35.4 Å². The summed E-state index contributed by atoms with van der Waals surface area (Å²) in [6, 6.07) is 0. The van der Waals surface area contributed by atoms with Gasteiger partial charge in [-0.1, -0.05) is 0 Å². The van der Waals surface area contributed by atoms with Crippen molar-refractivity contribution in [3.05, 3.63) is 0 Å². The average Bonchev–Trinajstić information content (AvgIpc) is 2.31. The average molecular weight is 196 g/mol. The Balaban J connectivity index is 2.81. The van der Waals surface area contributed by atoms with Gasteiger partial charge in [-0.25, -0.2) is 0 Å². The fourth-order valence-corrected chi connectivity index (χ4v) is 1.19. The molecule has 0 saturated carbocycles. The molecule has 0 amide bonds. The molecule has 0 aliphatic carbocycles. The molecule has 1 fully saturated rings. The van der Waals surface area contributed by atoms with Gasteiger partial charge in [0.25, 0.3) is 0 Å². The molecule has 7 nitrogen and oxygen atoms in total. The van der Waals surface area contributed by atoms with Crippen LogP contribution in [-0.4, -0.2) is 67.6 Å². The van der Waals surface area contributed by atoms with Crippen LogP contribution in [0, 0.1) is 0 Å².